The van der Waals surface area contributed by atoms with Crippen molar-refractivity contribution in [1.29, 1.82) is 0 Å². The molecular formula is C18H12F3N5O4S. The van der Waals surface area contributed by atoms with Gasteiger partial charge in [0.2, 0.25) is 0 Å². The number of nitrogens with one attached hydrogen (secondary N) is 2. The molecule has 0 radical (unpaired) electrons. The minimum Gasteiger partial charge on any atom is -0.475 e. The van der Waals surface area contributed by atoms with E-state index in [1.165, 1.54) is 0 Å². The molecule has 0 aliphatic carbocycles. The van der Waals surface area contributed by atoms with Crippen LogP contribution in [0.4, 0.5) is 13.2 Å². The topological polar surface area (TPSA) is 155 Å². The summed E-state index contributed by atoms with van der Waals surface area (Å²) in [6.07, 6.45) is -5.08. The molecule has 13 heteroatoms. The van der Waals surface area contributed by atoms with Gasteiger partial charge in [-0.2, -0.15) is 17.5 Å². The molecule has 0 saturated heterocycles. The van der Waals surface area contributed by atoms with Gasteiger partial charge < -0.3 is 15.8 Å². The van der Waals surface area contributed by atoms with Crippen LogP contribution in [0.5, 0.6) is 0 Å². The second-order valence-electron chi connectivity index (χ2n) is 5.98. The van der Waals surface area contributed by atoms with Crippen molar-refractivity contribution in [2.24, 2.45) is 5.73 Å². The van der Waals surface area contributed by atoms with Gasteiger partial charge in [-0.25, -0.2) is 9.78 Å². The number of fused-ring (bicyclic) bond motifs is 1. The van der Waals surface area contributed by atoms with E-state index in [0.717, 1.165) is 28.2 Å². The van der Waals surface area contributed by atoms with Crippen molar-refractivity contribution in [2.75, 3.05) is 0 Å². The van der Waals surface area contributed by atoms with E-state index in [0.29, 0.717) is 22.7 Å². The molecule has 9 nitrogen and oxygen atoms in total. The van der Waals surface area contributed by atoms with Gasteiger partial charge in [0, 0.05) is 22.7 Å². The molecule has 0 aliphatic rings. The number of aromatic amines is 2. The lowest BCUT2D eigenvalue weighted by atomic mass is 10.1. The first-order valence-electron chi connectivity index (χ1n) is 8.31. The number of halogens is 3. The zero-order valence-electron chi connectivity index (χ0n) is 15.2. The highest BCUT2D eigenvalue weighted by molar-refractivity contribution is 7.03. The first-order chi connectivity index (χ1) is 14.6. The second kappa shape index (κ2) is 8.39. The number of carboxylic acid groups (broad SMARTS) is 1. The predicted octanol–water partition coefficient (Wildman–Crippen LogP) is 2.77. The fourth-order valence-corrected chi connectivity index (χ4v) is 2.98. The average Bonchev–Trinajstić information content (AvgIpc) is 3.33. The number of nitrogens with zero attached hydrogens (tertiary/aromatic N) is 2. The summed E-state index contributed by atoms with van der Waals surface area (Å²) in [5.41, 5.74) is 8.72. The molecule has 0 aliphatic heterocycles. The Bertz CT molecular complexity index is 1310. The summed E-state index contributed by atoms with van der Waals surface area (Å²) in [4.78, 5) is 41.7. The van der Waals surface area contributed by atoms with Crippen LogP contribution in [0.2, 0.25) is 0 Å². The lowest BCUT2D eigenvalue weighted by molar-refractivity contribution is -0.192. The first kappa shape index (κ1) is 21.7. The van der Waals surface area contributed by atoms with Gasteiger partial charge in [0.1, 0.15) is 11.3 Å². The number of carbonyl (C=O) groups excluding carboxylic acids is 1. The van der Waals surface area contributed by atoms with Crippen molar-refractivity contribution in [2.45, 2.75) is 6.18 Å². The molecule has 2 heterocycles. The molecule has 2 aromatic heterocycles. The number of primary amides is 1. The lowest BCUT2D eigenvalue weighted by Gasteiger charge is -1.99. The summed E-state index contributed by atoms with van der Waals surface area (Å²) in [6, 6.07) is 12.7. The number of rotatable bonds is 3. The summed E-state index contributed by atoms with van der Waals surface area (Å²) in [5.74, 6) is -2.09. The Labute approximate surface area is 174 Å². The number of nitrogens with two attached hydrogens (primary N) is 1. The van der Waals surface area contributed by atoms with E-state index >= 15 is 0 Å². The fourth-order valence-electron chi connectivity index (χ4n) is 2.51. The van der Waals surface area contributed by atoms with Crippen molar-refractivity contribution in [3.05, 3.63) is 57.7 Å². The Morgan fingerprint density at radius 1 is 1.00 bits per heavy atom. The van der Waals surface area contributed by atoms with Crippen LogP contribution < -0.4 is 10.6 Å². The van der Waals surface area contributed by atoms with Crippen LogP contribution >= 0.6 is 11.5 Å². The number of H-pyrrole nitrogens is 2. The number of benzene rings is 2. The smallest absolute Gasteiger partial charge is 0.475 e. The standard InChI is InChI=1S/C16H11N5O2S.C2HF3O2/c17-13(22)10-2-1-3-11-12(10)19-14(18-11)8-4-6-9(7-5-8)15-20-16(23)24-21-15;3-2(4,5)1(6)7/h1-7H,(H2,17,22)(H,18,19)(H,20,21,23);(H,6,7). The number of carbonyl (C=O) groups is 2. The van der Waals surface area contributed by atoms with E-state index in [2.05, 4.69) is 19.3 Å². The second-order valence-corrected chi connectivity index (χ2v) is 6.71. The SMILES string of the molecule is NC(=O)c1cccc2[nH]c(-c3ccc(-c4nsc(=O)[nH]4)cc3)nc12.O=C(O)C(F)(F)F. The molecule has 31 heavy (non-hydrogen) atoms. The van der Waals surface area contributed by atoms with Crippen molar-refractivity contribution < 1.29 is 27.9 Å². The van der Waals surface area contributed by atoms with Crippen LogP contribution in [0.1, 0.15) is 10.4 Å². The molecule has 1 amide bonds. The quantitative estimate of drug-likeness (QED) is 0.375. The highest BCUT2D eigenvalue weighted by Crippen LogP contribution is 2.25. The normalized spacial score (nSPS) is 11.1. The Morgan fingerprint density at radius 2 is 1.58 bits per heavy atom. The fraction of sp³-hybridized carbons (Fsp3) is 0.0556. The minimum absolute atomic E-state index is 0.189. The van der Waals surface area contributed by atoms with E-state index in [9.17, 15) is 22.8 Å². The van der Waals surface area contributed by atoms with Crippen LogP contribution in [0.25, 0.3) is 33.8 Å². The average molecular weight is 451 g/mol. The molecule has 0 bridgehead atoms. The summed E-state index contributed by atoms with van der Waals surface area (Å²) in [7, 11) is 0. The molecule has 2 aromatic carbocycles. The lowest BCUT2D eigenvalue weighted by Crippen LogP contribution is -2.21. The molecule has 4 rings (SSSR count). The molecule has 5 N–H and O–H groups in total. The largest absolute Gasteiger partial charge is 0.490 e. The van der Waals surface area contributed by atoms with Crippen molar-refractivity contribution >= 4 is 34.4 Å². The van der Waals surface area contributed by atoms with Crippen molar-refractivity contribution in [3.63, 3.8) is 0 Å². The Morgan fingerprint density at radius 3 is 2.06 bits per heavy atom. The number of hydrogen-bond acceptors (Lipinski definition) is 6. The number of hydrogen-bond donors (Lipinski definition) is 4. The van der Waals surface area contributed by atoms with E-state index < -0.39 is 18.1 Å². The summed E-state index contributed by atoms with van der Waals surface area (Å²) >= 11 is 0.884. The van der Waals surface area contributed by atoms with Gasteiger partial charge >= 0.3 is 17.0 Å². The van der Waals surface area contributed by atoms with Crippen LogP contribution in [0.3, 0.4) is 0 Å². The van der Waals surface area contributed by atoms with Gasteiger partial charge in [-0.05, 0) is 12.1 Å². The van der Waals surface area contributed by atoms with Gasteiger partial charge in [-0.1, -0.05) is 30.3 Å². The number of para-hydroxylation sites is 1. The van der Waals surface area contributed by atoms with Gasteiger partial charge in [0.05, 0.1) is 11.1 Å². The highest BCUT2D eigenvalue weighted by Gasteiger charge is 2.38. The molecule has 4 aromatic rings. The predicted molar refractivity (Wildman–Crippen MR) is 105 cm³/mol. The number of amides is 1. The Balaban J connectivity index is 0.000000339. The first-order valence-corrected chi connectivity index (χ1v) is 9.09. The molecule has 0 fully saturated rings. The number of alkyl halides is 3. The van der Waals surface area contributed by atoms with Gasteiger partial charge in [0.25, 0.3) is 5.91 Å². The molecule has 0 spiro atoms. The van der Waals surface area contributed by atoms with Crippen LogP contribution in [0.15, 0.2) is 47.3 Å². The van der Waals surface area contributed by atoms with E-state index in [4.69, 9.17) is 15.6 Å². The molecule has 160 valence electrons. The van der Waals surface area contributed by atoms with Crippen molar-refractivity contribution in [3.8, 4) is 22.8 Å². The molecule has 0 unspecified atom stereocenters. The third-order valence-electron chi connectivity index (χ3n) is 3.89. The Hall–Kier alpha value is -4.00. The zero-order chi connectivity index (χ0) is 22.8. The molecular weight excluding hydrogens is 439 g/mol. The third kappa shape index (κ3) is 4.95. The maximum absolute atomic E-state index is 11.5. The van der Waals surface area contributed by atoms with E-state index in [1.807, 2.05) is 30.3 Å². The van der Waals surface area contributed by atoms with Crippen molar-refractivity contribution in [1.82, 2.24) is 19.3 Å². The monoisotopic (exact) mass is 451 g/mol. The summed E-state index contributed by atoms with van der Waals surface area (Å²) in [6.45, 7) is 0. The summed E-state index contributed by atoms with van der Waals surface area (Å²) in [5, 5.41) is 7.12. The number of aromatic nitrogens is 4. The van der Waals surface area contributed by atoms with Crippen LogP contribution in [0, 0.1) is 0 Å². The molecule has 0 saturated carbocycles. The van der Waals surface area contributed by atoms with E-state index in [1.54, 1.807) is 12.1 Å². The van der Waals surface area contributed by atoms with Gasteiger partial charge in [0.15, 0.2) is 5.82 Å². The van der Waals surface area contributed by atoms with Crippen LogP contribution in [-0.4, -0.2) is 42.5 Å². The molecule has 0 atom stereocenters. The highest BCUT2D eigenvalue weighted by atomic mass is 32.1. The maximum Gasteiger partial charge on any atom is 0.490 e. The van der Waals surface area contributed by atoms with Crippen LogP contribution in [-0.2, 0) is 4.79 Å². The summed E-state index contributed by atoms with van der Waals surface area (Å²) < 4.78 is 35.8. The number of imidazole rings is 1. The van der Waals surface area contributed by atoms with Gasteiger partial charge in [-0.15, -0.1) is 0 Å². The maximum atomic E-state index is 11.5. The third-order valence-corrected chi connectivity index (χ3v) is 4.43. The van der Waals surface area contributed by atoms with Gasteiger partial charge in [-0.3, -0.25) is 14.6 Å². The number of aliphatic carboxylic acids is 1. The van der Waals surface area contributed by atoms with E-state index in [-0.39, 0.29) is 4.87 Å². The number of carboxylic acids is 1. The minimum atomic E-state index is -5.08. The zero-order valence-corrected chi connectivity index (χ0v) is 16.0. The Kier molecular flexibility index (Phi) is 5.88.